The zero-order valence-electron chi connectivity index (χ0n) is 15.6. The number of carbonyl (C=O) groups is 1. The number of carbonyl (C=O) groups excluding carboxylic acids is 1. The second kappa shape index (κ2) is 8.61. The second-order valence-corrected chi connectivity index (χ2v) is 8.14. The Morgan fingerprint density at radius 3 is 2.67 bits per heavy atom. The summed E-state index contributed by atoms with van der Waals surface area (Å²) in [5, 5.41) is 4.21. The van der Waals surface area contributed by atoms with E-state index in [4.69, 9.17) is 16.3 Å². The van der Waals surface area contributed by atoms with Crippen LogP contribution in [-0.2, 0) is 0 Å². The zero-order chi connectivity index (χ0) is 21.1. The molecule has 0 saturated heterocycles. The van der Waals surface area contributed by atoms with Gasteiger partial charge in [-0.15, -0.1) is 5.10 Å². The Morgan fingerprint density at radius 1 is 1.23 bits per heavy atom. The number of alkyl halides is 2. The maximum absolute atomic E-state index is 13.0. The van der Waals surface area contributed by atoms with Gasteiger partial charge in [-0.2, -0.15) is 0 Å². The van der Waals surface area contributed by atoms with Crippen LogP contribution < -0.4 is 9.46 Å². The molecule has 1 fully saturated rings. The predicted octanol–water partition coefficient (Wildman–Crippen LogP) is 4.78. The Bertz CT molecular complexity index is 1040. The molecule has 2 heterocycles. The van der Waals surface area contributed by atoms with Gasteiger partial charge in [-0.1, -0.05) is 29.8 Å². The molecule has 1 aliphatic rings. The minimum atomic E-state index is -2.40. The van der Waals surface area contributed by atoms with Crippen LogP contribution >= 0.6 is 23.5 Å². The average molecular weight is 451 g/mol. The van der Waals surface area contributed by atoms with E-state index < -0.39 is 11.8 Å². The average Bonchev–Trinajstić information content (AvgIpc) is 3.41. The molecule has 0 spiro atoms. The molecule has 1 aliphatic carbocycles. The molecule has 0 radical (unpaired) electrons. The summed E-state index contributed by atoms with van der Waals surface area (Å²) in [6, 6.07) is 14.1. The number of hydrogen-bond donors (Lipinski definition) is 1. The fraction of sp³-hybridized carbons (Fsp3) is 0.250. The summed E-state index contributed by atoms with van der Waals surface area (Å²) in [7, 11) is 0. The number of rotatable bonds is 8. The van der Waals surface area contributed by atoms with Crippen LogP contribution in [0.4, 0.5) is 8.78 Å². The number of nitrogens with zero attached hydrogens (tertiary/aromatic N) is 3. The van der Waals surface area contributed by atoms with Crippen molar-refractivity contribution in [2.45, 2.75) is 24.2 Å². The molecule has 2 aromatic heterocycles. The summed E-state index contributed by atoms with van der Waals surface area (Å²) in [5.74, 6) is 0.220. The third kappa shape index (κ3) is 4.57. The van der Waals surface area contributed by atoms with E-state index in [-0.39, 0.29) is 29.1 Å². The Balaban J connectivity index is 1.39. The second-order valence-electron chi connectivity index (χ2n) is 6.90. The van der Waals surface area contributed by atoms with Crippen LogP contribution in [0, 0.1) is 5.41 Å². The smallest absolute Gasteiger partial charge is 0.264 e. The largest absolute Gasteiger partial charge is 0.476 e. The van der Waals surface area contributed by atoms with Gasteiger partial charge in [0.15, 0.2) is 5.82 Å². The summed E-state index contributed by atoms with van der Waals surface area (Å²) < 4.78 is 35.5. The van der Waals surface area contributed by atoms with Gasteiger partial charge in [0.1, 0.15) is 11.8 Å². The summed E-state index contributed by atoms with van der Waals surface area (Å²) in [6.07, 6.45) is 0.0864. The number of halogens is 3. The fourth-order valence-corrected chi connectivity index (χ4v) is 3.54. The van der Waals surface area contributed by atoms with Gasteiger partial charge in [-0.05, 0) is 49.1 Å². The van der Waals surface area contributed by atoms with Crippen molar-refractivity contribution in [3.8, 4) is 11.7 Å². The lowest BCUT2D eigenvalue weighted by Gasteiger charge is -2.13. The molecule has 0 bridgehead atoms. The highest BCUT2D eigenvalue weighted by molar-refractivity contribution is 7.98. The minimum Gasteiger partial charge on any atom is -0.476 e. The highest BCUT2D eigenvalue weighted by Gasteiger charge is 2.52. The number of aromatic nitrogens is 3. The Labute approximate surface area is 180 Å². The summed E-state index contributed by atoms with van der Waals surface area (Å²) in [4.78, 5) is 17.5. The maximum Gasteiger partial charge on any atom is 0.264 e. The molecule has 0 aliphatic heterocycles. The van der Waals surface area contributed by atoms with Gasteiger partial charge in [0.25, 0.3) is 5.91 Å². The third-order valence-corrected chi connectivity index (χ3v) is 5.83. The molecule has 3 aromatic rings. The van der Waals surface area contributed by atoms with Crippen LogP contribution in [0.1, 0.15) is 23.2 Å². The fourth-order valence-electron chi connectivity index (χ4n) is 2.69. The Kier molecular flexibility index (Phi) is 5.92. The number of benzene rings is 1. The summed E-state index contributed by atoms with van der Waals surface area (Å²) in [6.45, 7) is -0.0753. The van der Waals surface area contributed by atoms with Gasteiger partial charge in [0.05, 0.1) is 11.0 Å². The van der Waals surface area contributed by atoms with Crippen LogP contribution in [0.3, 0.4) is 0 Å². The molecule has 1 N–H and O–H groups in total. The molecule has 4 rings (SSSR count). The van der Waals surface area contributed by atoms with Gasteiger partial charge >= 0.3 is 0 Å². The molecule has 6 nitrogen and oxygen atoms in total. The van der Waals surface area contributed by atoms with E-state index in [9.17, 15) is 13.6 Å². The Morgan fingerprint density at radius 2 is 2.00 bits per heavy atom. The first-order valence-electron chi connectivity index (χ1n) is 9.13. The van der Waals surface area contributed by atoms with E-state index in [1.54, 1.807) is 24.4 Å². The van der Waals surface area contributed by atoms with E-state index in [0.29, 0.717) is 18.7 Å². The van der Waals surface area contributed by atoms with Crippen molar-refractivity contribution in [2.24, 2.45) is 5.41 Å². The van der Waals surface area contributed by atoms with Crippen molar-refractivity contribution in [3.63, 3.8) is 0 Å². The highest BCUT2D eigenvalue weighted by atomic mass is 35.5. The van der Waals surface area contributed by atoms with Gasteiger partial charge < -0.3 is 4.74 Å². The lowest BCUT2D eigenvalue weighted by atomic mass is 10.1. The van der Waals surface area contributed by atoms with Crippen LogP contribution in [0.15, 0.2) is 59.6 Å². The van der Waals surface area contributed by atoms with Crippen molar-refractivity contribution >= 4 is 29.5 Å². The van der Waals surface area contributed by atoms with Gasteiger partial charge in [-0.25, -0.2) is 18.4 Å². The topological polar surface area (TPSA) is 69.0 Å². The van der Waals surface area contributed by atoms with Gasteiger partial charge in [-0.3, -0.25) is 9.52 Å². The first-order valence-corrected chi connectivity index (χ1v) is 10.3. The van der Waals surface area contributed by atoms with Gasteiger partial charge in [0, 0.05) is 17.2 Å². The van der Waals surface area contributed by atoms with Crippen LogP contribution in [0.2, 0.25) is 5.15 Å². The SMILES string of the molecule is O=C(NSc1ccccc1)c1ccc(-n2ccc(OCC3(C(F)F)CC3)n2)nc1Cl. The van der Waals surface area contributed by atoms with Crippen LogP contribution in [0.25, 0.3) is 5.82 Å². The van der Waals surface area contributed by atoms with Gasteiger partial charge in [0.2, 0.25) is 12.3 Å². The molecule has 0 unspecified atom stereocenters. The maximum atomic E-state index is 13.0. The molecular formula is C20H17ClF2N4O2S. The molecule has 0 atom stereocenters. The first kappa shape index (κ1) is 20.6. The molecule has 1 saturated carbocycles. The highest BCUT2D eigenvalue weighted by Crippen LogP contribution is 2.50. The molecule has 1 amide bonds. The molecule has 1 aromatic carbocycles. The van der Waals surface area contributed by atoms with Crippen molar-refractivity contribution in [1.29, 1.82) is 0 Å². The lowest BCUT2D eigenvalue weighted by molar-refractivity contribution is 0.0304. The quantitative estimate of drug-likeness (QED) is 0.395. The lowest BCUT2D eigenvalue weighted by Crippen LogP contribution is -2.21. The number of ether oxygens (including phenoxy) is 1. The van der Waals surface area contributed by atoms with E-state index in [1.807, 2.05) is 30.3 Å². The van der Waals surface area contributed by atoms with Crippen molar-refractivity contribution in [1.82, 2.24) is 19.5 Å². The first-order chi connectivity index (χ1) is 14.5. The molecular weight excluding hydrogens is 434 g/mol. The van der Waals surface area contributed by atoms with Crippen LogP contribution in [-0.4, -0.2) is 33.7 Å². The normalized spacial score (nSPS) is 14.5. The molecule has 156 valence electrons. The van der Waals surface area contributed by atoms with E-state index in [0.717, 1.165) is 4.90 Å². The third-order valence-electron chi connectivity index (χ3n) is 4.75. The molecule has 10 heteroatoms. The van der Waals surface area contributed by atoms with E-state index >= 15 is 0 Å². The van der Waals surface area contributed by atoms with E-state index in [1.165, 1.54) is 16.6 Å². The van der Waals surface area contributed by atoms with Crippen molar-refractivity contribution in [2.75, 3.05) is 6.61 Å². The monoisotopic (exact) mass is 450 g/mol. The number of nitrogens with one attached hydrogen (secondary N) is 1. The standard InChI is InChI=1S/C20H17ClF2N4O2S/c21-17-14(18(28)26-30-13-4-2-1-3-5-13)6-7-15(24-17)27-11-8-16(25-27)29-12-20(9-10-20)19(22)23/h1-8,11,19H,9-10,12H2,(H,26,28). The number of pyridine rings is 1. The Hall–Kier alpha value is -2.65. The van der Waals surface area contributed by atoms with Crippen molar-refractivity contribution in [3.05, 3.63) is 65.4 Å². The summed E-state index contributed by atoms with van der Waals surface area (Å²) in [5.41, 5.74) is -0.821. The molecule has 30 heavy (non-hydrogen) atoms. The summed E-state index contributed by atoms with van der Waals surface area (Å²) >= 11 is 7.37. The van der Waals surface area contributed by atoms with Crippen LogP contribution in [0.5, 0.6) is 5.88 Å². The predicted molar refractivity (Wildman–Crippen MR) is 109 cm³/mol. The van der Waals surface area contributed by atoms with E-state index in [2.05, 4.69) is 14.8 Å². The number of hydrogen-bond acceptors (Lipinski definition) is 5. The zero-order valence-corrected chi connectivity index (χ0v) is 17.2. The van der Waals surface area contributed by atoms with Crippen molar-refractivity contribution < 1.29 is 18.3 Å². The minimum absolute atomic E-state index is 0.0197. The number of amides is 1.